The quantitative estimate of drug-likeness (QED) is 0.414. The average molecular weight is 491 g/mol. The lowest BCUT2D eigenvalue weighted by molar-refractivity contribution is 0.102. The Hall–Kier alpha value is -2.54. The third-order valence-corrected chi connectivity index (χ3v) is 6.75. The van der Waals surface area contributed by atoms with Gasteiger partial charge in [0.05, 0.1) is 21.5 Å². The van der Waals surface area contributed by atoms with Gasteiger partial charge in [-0.1, -0.05) is 68.2 Å². The fourth-order valence-corrected chi connectivity index (χ4v) is 4.55. The minimum Gasteiger partial charge on any atom is -0.322 e. The molecule has 0 spiro atoms. The van der Waals surface area contributed by atoms with Crippen LogP contribution in [-0.2, 0) is 21.2 Å². The Morgan fingerprint density at radius 2 is 1.53 bits per heavy atom. The highest BCUT2D eigenvalue weighted by Crippen LogP contribution is 2.25. The van der Waals surface area contributed by atoms with E-state index < -0.39 is 10.0 Å². The third kappa shape index (κ3) is 6.48. The molecule has 0 bridgehead atoms. The molecule has 2 N–H and O–H groups in total. The van der Waals surface area contributed by atoms with E-state index in [0.29, 0.717) is 32.5 Å². The summed E-state index contributed by atoms with van der Waals surface area (Å²) in [6.07, 6.45) is 0. The number of anilines is 2. The number of amides is 1. The molecule has 0 saturated heterocycles. The van der Waals surface area contributed by atoms with Gasteiger partial charge in [0, 0.05) is 11.3 Å². The summed E-state index contributed by atoms with van der Waals surface area (Å²) >= 11 is 11.8. The van der Waals surface area contributed by atoms with Crippen LogP contribution in [0.1, 0.15) is 42.3 Å². The van der Waals surface area contributed by atoms with Crippen molar-refractivity contribution in [1.82, 2.24) is 0 Å². The van der Waals surface area contributed by atoms with Crippen molar-refractivity contribution >= 4 is 50.5 Å². The Balaban J connectivity index is 1.69. The highest BCUT2D eigenvalue weighted by atomic mass is 35.5. The van der Waals surface area contributed by atoms with Gasteiger partial charge in [-0.05, 0) is 59.0 Å². The largest absolute Gasteiger partial charge is 0.322 e. The first kappa shape index (κ1) is 24.1. The van der Waals surface area contributed by atoms with E-state index in [4.69, 9.17) is 23.2 Å². The predicted octanol–water partition coefficient (Wildman–Crippen LogP) is 6.49. The highest BCUT2D eigenvalue weighted by Gasteiger charge is 2.16. The Kier molecular flexibility index (Phi) is 7.18. The van der Waals surface area contributed by atoms with Gasteiger partial charge in [-0.15, -0.1) is 0 Å². The molecule has 8 heteroatoms. The second kappa shape index (κ2) is 9.53. The van der Waals surface area contributed by atoms with Crippen LogP contribution in [0.5, 0.6) is 0 Å². The molecule has 0 aromatic heterocycles. The van der Waals surface area contributed by atoms with Crippen LogP contribution in [0.4, 0.5) is 11.4 Å². The van der Waals surface area contributed by atoms with Gasteiger partial charge < -0.3 is 5.32 Å². The van der Waals surface area contributed by atoms with Crippen LogP contribution in [0.3, 0.4) is 0 Å². The number of benzene rings is 3. The SMILES string of the molecule is CC(C)(C)c1ccc(C(=O)Nc2cccc(NS(=O)(=O)Cc3ccc(Cl)c(Cl)c3)c2)cc1. The lowest BCUT2D eigenvalue weighted by atomic mass is 9.87. The molecule has 0 radical (unpaired) electrons. The van der Waals surface area contributed by atoms with E-state index >= 15 is 0 Å². The summed E-state index contributed by atoms with van der Waals surface area (Å²) in [5.41, 5.74) is 2.97. The highest BCUT2D eigenvalue weighted by molar-refractivity contribution is 7.91. The van der Waals surface area contributed by atoms with E-state index in [0.717, 1.165) is 5.56 Å². The molecular weight excluding hydrogens is 467 g/mol. The zero-order valence-corrected chi connectivity index (χ0v) is 20.3. The summed E-state index contributed by atoms with van der Waals surface area (Å²) < 4.78 is 27.6. The Morgan fingerprint density at radius 1 is 0.875 bits per heavy atom. The van der Waals surface area contributed by atoms with Crippen molar-refractivity contribution in [2.45, 2.75) is 31.9 Å². The van der Waals surface area contributed by atoms with Crippen LogP contribution in [-0.4, -0.2) is 14.3 Å². The molecule has 0 aliphatic carbocycles. The summed E-state index contributed by atoms with van der Waals surface area (Å²) in [5, 5.41) is 3.45. The van der Waals surface area contributed by atoms with Crippen molar-refractivity contribution in [1.29, 1.82) is 0 Å². The maximum Gasteiger partial charge on any atom is 0.255 e. The molecule has 0 heterocycles. The Bertz CT molecular complexity index is 1230. The van der Waals surface area contributed by atoms with Crippen molar-refractivity contribution in [3.63, 3.8) is 0 Å². The smallest absolute Gasteiger partial charge is 0.255 e. The molecule has 0 unspecified atom stereocenters. The second-order valence-electron chi connectivity index (χ2n) is 8.47. The normalized spacial score (nSPS) is 11.8. The first-order chi connectivity index (χ1) is 14.9. The number of rotatable bonds is 6. The summed E-state index contributed by atoms with van der Waals surface area (Å²) in [7, 11) is -3.70. The fraction of sp³-hybridized carbons (Fsp3) is 0.208. The van der Waals surface area contributed by atoms with Crippen molar-refractivity contribution in [3.05, 3.63) is 93.5 Å². The van der Waals surface area contributed by atoms with Crippen molar-refractivity contribution in [2.24, 2.45) is 0 Å². The van der Waals surface area contributed by atoms with E-state index in [1.54, 1.807) is 48.5 Å². The lowest BCUT2D eigenvalue weighted by Gasteiger charge is -2.19. The van der Waals surface area contributed by atoms with E-state index in [-0.39, 0.29) is 17.1 Å². The van der Waals surface area contributed by atoms with Gasteiger partial charge in [-0.2, -0.15) is 0 Å². The van der Waals surface area contributed by atoms with E-state index in [9.17, 15) is 13.2 Å². The topological polar surface area (TPSA) is 75.3 Å². The van der Waals surface area contributed by atoms with Crippen LogP contribution in [0.2, 0.25) is 10.0 Å². The lowest BCUT2D eigenvalue weighted by Crippen LogP contribution is -2.16. The standard InChI is InChI=1S/C24H24Cl2N2O3S/c1-24(2,3)18-10-8-17(9-11-18)23(29)27-19-5-4-6-20(14-19)28-32(30,31)15-16-7-12-21(25)22(26)13-16/h4-14,28H,15H2,1-3H3,(H,27,29). The molecular formula is C24H24Cl2N2O3S. The van der Waals surface area contributed by atoms with Gasteiger partial charge in [-0.25, -0.2) is 8.42 Å². The molecule has 32 heavy (non-hydrogen) atoms. The maximum absolute atomic E-state index is 12.6. The number of nitrogens with one attached hydrogen (secondary N) is 2. The summed E-state index contributed by atoms with van der Waals surface area (Å²) in [4.78, 5) is 12.6. The van der Waals surface area contributed by atoms with E-state index in [1.165, 1.54) is 6.07 Å². The zero-order chi connectivity index (χ0) is 23.5. The molecule has 0 fully saturated rings. The molecule has 168 valence electrons. The molecule has 3 aromatic rings. The van der Waals surface area contributed by atoms with Gasteiger partial charge >= 0.3 is 0 Å². The molecule has 3 aromatic carbocycles. The molecule has 0 atom stereocenters. The fourth-order valence-electron chi connectivity index (χ4n) is 3.05. The van der Waals surface area contributed by atoms with E-state index in [1.807, 2.05) is 12.1 Å². The van der Waals surface area contributed by atoms with Crippen LogP contribution in [0.25, 0.3) is 0 Å². The molecule has 0 aliphatic heterocycles. The maximum atomic E-state index is 12.6. The first-order valence-corrected chi connectivity index (χ1v) is 12.3. The van der Waals surface area contributed by atoms with E-state index in [2.05, 4.69) is 30.8 Å². The predicted molar refractivity (Wildman–Crippen MR) is 132 cm³/mol. The first-order valence-electron chi connectivity index (χ1n) is 9.89. The summed E-state index contributed by atoms with van der Waals surface area (Å²) in [6.45, 7) is 6.32. The van der Waals surface area contributed by atoms with Crippen molar-refractivity contribution < 1.29 is 13.2 Å². The molecule has 1 amide bonds. The number of carbonyl (C=O) groups excluding carboxylic acids is 1. The number of hydrogen-bond acceptors (Lipinski definition) is 3. The van der Waals surface area contributed by atoms with Crippen molar-refractivity contribution in [2.75, 3.05) is 10.0 Å². The van der Waals surface area contributed by atoms with Gasteiger partial charge in [0.1, 0.15) is 0 Å². The van der Waals surface area contributed by atoms with Crippen molar-refractivity contribution in [3.8, 4) is 0 Å². The molecule has 0 aliphatic rings. The Labute approximate surface area is 198 Å². The Morgan fingerprint density at radius 3 is 2.16 bits per heavy atom. The number of sulfonamides is 1. The van der Waals surface area contributed by atoms with Crippen LogP contribution >= 0.6 is 23.2 Å². The van der Waals surface area contributed by atoms with Crippen LogP contribution in [0.15, 0.2) is 66.7 Å². The minimum atomic E-state index is -3.70. The monoisotopic (exact) mass is 490 g/mol. The number of hydrogen-bond donors (Lipinski definition) is 2. The number of halogens is 2. The molecule has 5 nitrogen and oxygen atoms in total. The third-order valence-electron chi connectivity index (χ3n) is 4.75. The van der Waals surface area contributed by atoms with Gasteiger partial charge in [0.2, 0.25) is 10.0 Å². The van der Waals surface area contributed by atoms with Crippen LogP contribution < -0.4 is 10.0 Å². The molecule has 3 rings (SSSR count). The summed E-state index contributed by atoms with van der Waals surface area (Å²) in [6, 6.07) is 18.6. The van der Waals surface area contributed by atoms with Crippen LogP contribution in [0, 0.1) is 0 Å². The van der Waals surface area contributed by atoms with Gasteiger partial charge in [0.25, 0.3) is 5.91 Å². The average Bonchev–Trinajstić information content (AvgIpc) is 2.70. The summed E-state index contributed by atoms with van der Waals surface area (Å²) in [5.74, 6) is -0.540. The van der Waals surface area contributed by atoms with Gasteiger partial charge in [0.15, 0.2) is 0 Å². The zero-order valence-electron chi connectivity index (χ0n) is 17.9. The second-order valence-corrected chi connectivity index (χ2v) is 11.0. The number of carbonyl (C=O) groups is 1. The van der Waals surface area contributed by atoms with Gasteiger partial charge in [-0.3, -0.25) is 9.52 Å². The molecule has 0 saturated carbocycles. The minimum absolute atomic E-state index is 0.00214.